The van der Waals surface area contributed by atoms with Crippen LogP contribution in [0.3, 0.4) is 0 Å². The monoisotopic (exact) mass is 195 g/mol. The van der Waals surface area contributed by atoms with Crippen LogP contribution in [0, 0.1) is 0 Å². The van der Waals surface area contributed by atoms with Crippen molar-refractivity contribution >= 4 is 5.97 Å². The van der Waals surface area contributed by atoms with Crippen molar-refractivity contribution in [3.8, 4) is 5.75 Å². The van der Waals surface area contributed by atoms with Crippen LogP contribution in [0.2, 0.25) is 0 Å². The summed E-state index contributed by atoms with van der Waals surface area (Å²) < 4.78 is 0. The summed E-state index contributed by atoms with van der Waals surface area (Å²) in [7, 11) is 0. The highest BCUT2D eigenvalue weighted by atomic mass is 16.4. The molecule has 0 bridgehead atoms. The standard InChI is InChI=1S/C10H13NO3/c1-6(11)5-7-3-2-4-8(9(7)12)10(13)14/h2-4,6,12H,5,11H2,1H3,(H,13,14). The molecule has 0 aliphatic rings. The molecule has 0 aliphatic carbocycles. The van der Waals surface area contributed by atoms with Crippen LogP contribution in [0.25, 0.3) is 0 Å². The average Bonchev–Trinajstić information content (AvgIpc) is 2.07. The van der Waals surface area contributed by atoms with Gasteiger partial charge in [-0.05, 0) is 25.0 Å². The largest absolute Gasteiger partial charge is 0.507 e. The second-order valence-corrected chi connectivity index (χ2v) is 3.30. The number of phenols is 1. The Balaban J connectivity index is 3.07. The van der Waals surface area contributed by atoms with Crippen molar-refractivity contribution in [1.82, 2.24) is 0 Å². The van der Waals surface area contributed by atoms with Crippen molar-refractivity contribution in [3.05, 3.63) is 29.3 Å². The first kappa shape index (κ1) is 10.5. The molecule has 0 heterocycles. The van der Waals surface area contributed by atoms with Crippen molar-refractivity contribution < 1.29 is 15.0 Å². The molecule has 0 saturated heterocycles. The molecule has 0 amide bonds. The van der Waals surface area contributed by atoms with Gasteiger partial charge in [0.2, 0.25) is 0 Å². The summed E-state index contributed by atoms with van der Waals surface area (Å²) in [6, 6.07) is 4.53. The van der Waals surface area contributed by atoms with Crippen LogP contribution in [0.15, 0.2) is 18.2 Å². The van der Waals surface area contributed by atoms with Gasteiger partial charge in [0.15, 0.2) is 0 Å². The fraction of sp³-hybridized carbons (Fsp3) is 0.300. The van der Waals surface area contributed by atoms with Crippen molar-refractivity contribution in [2.75, 3.05) is 0 Å². The molecule has 0 fully saturated rings. The number of hydrogen-bond acceptors (Lipinski definition) is 3. The minimum Gasteiger partial charge on any atom is -0.507 e. The van der Waals surface area contributed by atoms with Crippen LogP contribution in [0.1, 0.15) is 22.8 Å². The summed E-state index contributed by atoms with van der Waals surface area (Å²) in [6.45, 7) is 1.80. The molecule has 14 heavy (non-hydrogen) atoms. The lowest BCUT2D eigenvalue weighted by atomic mass is 10.0. The summed E-state index contributed by atoms with van der Waals surface area (Å²) in [5, 5.41) is 18.3. The number of rotatable bonds is 3. The van der Waals surface area contributed by atoms with Gasteiger partial charge in [-0.2, -0.15) is 0 Å². The van der Waals surface area contributed by atoms with E-state index in [1.807, 2.05) is 0 Å². The van der Waals surface area contributed by atoms with E-state index in [0.717, 1.165) is 0 Å². The fourth-order valence-corrected chi connectivity index (χ4v) is 1.28. The molecule has 0 aromatic heterocycles. The zero-order valence-corrected chi connectivity index (χ0v) is 7.90. The van der Waals surface area contributed by atoms with Gasteiger partial charge < -0.3 is 15.9 Å². The summed E-state index contributed by atoms with van der Waals surface area (Å²) >= 11 is 0. The molecule has 4 heteroatoms. The van der Waals surface area contributed by atoms with Gasteiger partial charge >= 0.3 is 5.97 Å². The minimum atomic E-state index is -1.13. The highest BCUT2D eigenvalue weighted by molar-refractivity contribution is 5.91. The number of nitrogens with two attached hydrogens (primary N) is 1. The number of hydrogen-bond donors (Lipinski definition) is 3. The molecule has 76 valence electrons. The molecule has 1 rings (SSSR count). The molecule has 0 saturated carbocycles. The normalized spacial score (nSPS) is 12.4. The molecule has 0 spiro atoms. The zero-order valence-electron chi connectivity index (χ0n) is 7.90. The van der Waals surface area contributed by atoms with Crippen molar-refractivity contribution in [3.63, 3.8) is 0 Å². The first-order valence-electron chi connectivity index (χ1n) is 4.32. The van der Waals surface area contributed by atoms with E-state index in [9.17, 15) is 9.90 Å². The first-order valence-corrected chi connectivity index (χ1v) is 4.32. The van der Waals surface area contributed by atoms with E-state index < -0.39 is 5.97 Å². The number of carboxylic acid groups (broad SMARTS) is 1. The highest BCUT2D eigenvalue weighted by Gasteiger charge is 2.13. The lowest BCUT2D eigenvalue weighted by Crippen LogP contribution is -2.18. The van der Waals surface area contributed by atoms with Gasteiger partial charge in [0.05, 0.1) is 0 Å². The number of carboxylic acids is 1. The van der Waals surface area contributed by atoms with Gasteiger partial charge in [-0.1, -0.05) is 12.1 Å². The van der Waals surface area contributed by atoms with Gasteiger partial charge in [-0.25, -0.2) is 4.79 Å². The quantitative estimate of drug-likeness (QED) is 0.671. The number of benzene rings is 1. The maximum absolute atomic E-state index is 10.7. The van der Waals surface area contributed by atoms with Crippen LogP contribution in [-0.2, 0) is 6.42 Å². The van der Waals surface area contributed by atoms with E-state index >= 15 is 0 Å². The van der Waals surface area contributed by atoms with Crippen molar-refractivity contribution in [2.24, 2.45) is 5.73 Å². The summed E-state index contributed by atoms with van der Waals surface area (Å²) in [5.74, 6) is -1.31. The topological polar surface area (TPSA) is 83.6 Å². The minimum absolute atomic E-state index is 0.0804. The summed E-state index contributed by atoms with van der Waals surface area (Å²) in [4.78, 5) is 10.7. The van der Waals surface area contributed by atoms with Crippen LogP contribution in [0.5, 0.6) is 5.75 Å². The molecule has 4 N–H and O–H groups in total. The predicted octanol–water partition coefficient (Wildman–Crippen LogP) is 0.980. The van der Waals surface area contributed by atoms with E-state index in [2.05, 4.69) is 0 Å². The number of carbonyl (C=O) groups is 1. The van der Waals surface area contributed by atoms with Crippen molar-refractivity contribution in [2.45, 2.75) is 19.4 Å². The Morgan fingerprint density at radius 1 is 1.57 bits per heavy atom. The Morgan fingerprint density at radius 3 is 2.71 bits per heavy atom. The van der Waals surface area contributed by atoms with E-state index in [-0.39, 0.29) is 17.4 Å². The van der Waals surface area contributed by atoms with Gasteiger partial charge in [0.25, 0.3) is 0 Å². The molecule has 1 unspecified atom stereocenters. The molecule has 4 nitrogen and oxygen atoms in total. The maximum Gasteiger partial charge on any atom is 0.339 e. The van der Waals surface area contributed by atoms with Gasteiger partial charge in [0.1, 0.15) is 11.3 Å². The molecular weight excluding hydrogens is 182 g/mol. The number of aromatic hydroxyl groups is 1. The molecular formula is C10H13NO3. The second kappa shape index (κ2) is 4.11. The smallest absolute Gasteiger partial charge is 0.339 e. The van der Waals surface area contributed by atoms with Gasteiger partial charge in [-0.3, -0.25) is 0 Å². The Morgan fingerprint density at radius 2 is 2.21 bits per heavy atom. The van der Waals surface area contributed by atoms with E-state index in [1.165, 1.54) is 6.07 Å². The van der Waals surface area contributed by atoms with Gasteiger partial charge in [0, 0.05) is 6.04 Å². The Hall–Kier alpha value is -1.55. The average molecular weight is 195 g/mol. The molecule has 1 aromatic carbocycles. The molecule has 0 radical (unpaired) electrons. The third kappa shape index (κ3) is 2.23. The van der Waals surface area contributed by atoms with Crippen LogP contribution in [-0.4, -0.2) is 22.2 Å². The van der Waals surface area contributed by atoms with Crippen LogP contribution < -0.4 is 5.73 Å². The van der Waals surface area contributed by atoms with E-state index in [0.29, 0.717) is 12.0 Å². The fourth-order valence-electron chi connectivity index (χ4n) is 1.28. The maximum atomic E-state index is 10.7. The number of para-hydroxylation sites is 1. The Labute approximate surface area is 82.0 Å². The summed E-state index contributed by atoms with van der Waals surface area (Å²) in [5.41, 5.74) is 6.05. The van der Waals surface area contributed by atoms with Crippen molar-refractivity contribution in [1.29, 1.82) is 0 Å². The molecule has 1 aromatic rings. The highest BCUT2D eigenvalue weighted by Crippen LogP contribution is 2.23. The first-order chi connectivity index (χ1) is 6.52. The third-order valence-corrected chi connectivity index (χ3v) is 1.89. The zero-order chi connectivity index (χ0) is 10.7. The Bertz CT molecular complexity index is 347. The van der Waals surface area contributed by atoms with Crippen LogP contribution >= 0.6 is 0 Å². The van der Waals surface area contributed by atoms with Crippen LogP contribution in [0.4, 0.5) is 0 Å². The number of aromatic carboxylic acids is 1. The Kier molecular flexibility index (Phi) is 3.09. The van der Waals surface area contributed by atoms with Gasteiger partial charge in [-0.15, -0.1) is 0 Å². The molecule has 1 atom stereocenters. The lowest BCUT2D eigenvalue weighted by Gasteiger charge is -2.08. The SMILES string of the molecule is CC(N)Cc1cccc(C(=O)O)c1O. The van der Waals surface area contributed by atoms with E-state index in [1.54, 1.807) is 19.1 Å². The summed E-state index contributed by atoms with van der Waals surface area (Å²) in [6.07, 6.45) is 0.465. The lowest BCUT2D eigenvalue weighted by molar-refractivity contribution is 0.0693. The van der Waals surface area contributed by atoms with E-state index in [4.69, 9.17) is 10.8 Å². The third-order valence-electron chi connectivity index (χ3n) is 1.89. The molecule has 0 aliphatic heterocycles. The second-order valence-electron chi connectivity index (χ2n) is 3.30. The predicted molar refractivity (Wildman–Crippen MR) is 52.4 cm³/mol.